The summed E-state index contributed by atoms with van der Waals surface area (Å²) in [6, 6.07) is -0.0438. The number of urea groups is 1. The van der Waals surface area contributed by atoms with E-state index < -0.39 is 11.9 Å². The highest BCUT2D eigenvalue weighted by Gasteiger charge is 2.25. The molecular formula is C13H24N2O3. The summed E-state index contributed by atoms with van der Waals surface area (Å²) in [4.78, 5) is 26.2. The Balaban J connectivity index is 2.42. The van der Waals surface area contributed by atoms with Gasteiger partial charge in [0.15, 0.2) is 0 Å². The van der Waals surface area contributed by atoms with Crippen molar-refractivity contribution in [1.29, 1.82) is 0 Å². The van der Waals surface area contributed by atoms with Gasteiger partial charge in [-0.25, -0.2) is 4.79 Å². The Bertz CT molecular complexity index is 299. The summed E-state index contributed by atoms with van der Waals surface area (Å²) in [6.07, 6.45) is 3.29. The van der Waals surface area contributed by atoms with Crippen molar-refractivity contribution in [2.24, 2.45) is 11.8 Å². The maximum absolute atomic E-state index is 12.1. The van der Waals surface area contributed by atoms with Crippen molar-refractivity contribution in [2.45, 2.75) is 33.1 Å². The molecule has 1 rings (SSSR count). The Morgan fingerprint density at radius 3 is 2.39 bits per heavy atom. The molecular weight excluding hydrogens is 232 g/mol. The maximum Gasteiger partial charge on any atom is 0.319 e. The fourth-order valence-electron chi connectivity index (χ4n) is 2.34. The highest BCUT2D eigenvalue weighted by Crippen LogP contribution is 2.20. The van der Waals surface area contributed by atoms with Gasteiger partial charge in [0, 0.05) is 26.7 Å². The number of piperidine rings is 1. The van der Waals surface area contributed by atoms with Gasteiger partial charge in [-0.2, -0.15) is 0 Å². The third kappa shape index (κ3) is 3.89. The summed E-state index contributed by atoms with van der Waals surface area (Å²) in [5.41, 5.74) is 0. The van der Waals surface area contributed by atoms with Gasteiger partial charge in [0.2, 0.25) is 0 Å². The molecule has 1 aliphatic rings. The minimum absolute atomic E-state index is 0.0438. The molecule has 1 aliphatic heterocycles. The molecule has 5 nitrogen and oxygen atoms in total. The number of amides is 2. The van der Waals surface area contributed by atoms with Crippen LogP contribution in [0.25, 0.3) is 0 Å². The SMILES string of the molecule is CCC1CCN(C(=O)N(C)CC(C)C(=O)O)CC1. The van der Waals surface area contributed by atoms with E-state index in [0.29, 0.717) is 0 Å². The van der Waals surface area contributed by atoms with E-state index >= 15 is 0 Å². The first-order valence-electron chi connectivity index (χ1n) is 6.68. The summed E-state index contributed by atoms with van der Waals surface area (Å²) in [5, 5.41) is 8.84. The number of carboxylic acids is 1. The first kappa shape index (κ1) is 14.8. The molecule has 18 heavy (non-hydrogen) atoms. The van der Waals surface area contributed by atoms with Crippen molar-refractivity contribution in [3.63, 3.8) is 0 Å². The number of hydrogen-bond acceptors (Lipinski definition) is 2. The molecule has 0 radical (unpaired) electrons. The molecule has 0 aromatic carbocycles. The zero-order valence-corrected chi connectivity index (χ0v) is 11.6. The molecule has 0 bridgehead atoms. The number of rotatable bonds is 4. The average Bonchev–Trinajstić information content (AvgIpc) is 2.37. The number of carbonyl (C=O) groups excluding carboxylic acids is 1. The normalized spacial score (nSPS) is 18.5. The Labute approximate surface area is 109 Å². The fourth-order valence-corrected chi connectivity index (χ4v) is 2.34. The highest BCUT2D eigenvalue weighted by molar-refractivity contribution is 5.76. The molecule has 1 unspecified atom stereocenters. The molecule has 0 spiro atoms. The lowest BCUT2D eigenvalue weighted by atomic mass is 9.95. The first-order chi connectivity index (χ1) is 8.45. The summed E-state index contributed by atoms with van der Waals surface area (Å²) < 4.78 is 0. The maximum atomic E-state index is 12.1. The Hall–Kier alpha value is -1.26. The van der Waals surface area contributed by atoms with Gasteiger partial charge in [0.05, 0.1) is 5.92 Å². The van der Waals surface area contributed by atoms with Gasteiger partial charge in [0.25, 0.3) is 0 Å². The molecule has 0 saturated carbocycles. The van der Waals surface area contributed by atoms with Crippen LogP contribution in [0.2, 0.25) is 0 Å². The Kier molecular flexibility index (Phi) is 5.44. The molecule has 2 amide bonds. The van der Waals surface area contributed by atoms with Gasteiger partial charge in [-0.15, -0.1) is 0 Å². The van der Waals surface area contributed by atoms with E-state index in [-0.39, 0.29) is 12.6 Å². The van der Waals surface area contributed by atoms with E-state index in [2.05, 4.69) is 6.92 Å². The summed E-state index contributed by atoms with van der Waals surface area (Å²) >= 11 is 0. The number of nitrogens with zero attached hydrogens (tertiary/aromatic N) is 2. The number of likely N-dealkylation sites (tertiary alicyclic amines) is 1. The lowest BCUT2D eigenvalue weighted by Crippen LogP contribution is -2.46. The number of carboxylic acid groups (broad SMARTS) is 1. The standard InChI is InChI=1S/C13H24N2O3/c1-4-11-5-7-15(8-6-11)13(18)14(3)9-10(2)12(16)17/h10-11H,4-9H2,1-3H3,(H,16,17). The second kappa shape index (κ2) is 6.61. The summed E-state index contributed by atoms with van der Waals surface area (Å²) in [5.74, 6) is -0.649. The third-order valence-corrected chi connectivity index (χ3v) is 3.76. The second-order valence-electron chi connectivity index (χ2n) is 5.24. The van der Waals surface area contributed by atoms with Crippen LogP contribution in [0, 0.1) is 11.8 Å². The topological polar surface area (TPSA) is 60.9 Å². The van der Waals surface area contributed by atoms with Gasteiger partial charge in [-0.3, -0.25) is 4.79 Å². The van der Waals surface area contributed by atoms with Gasteiger partial charge in [-0.1, -0.05) is 20.3 Å². The van der Waals surface area contributed by atoms with Crippen molar-refractivity contribution in [3.8, 4) is 0 Å². The summed E-state index contributed by atoms with van der Waals surface area (Å²) in [7, 11) is 1.67. The van der Waals surface area contributed by atoms with Gasteiger partial charge in [0.1, 0.15) is 0 Å². The van der Waals surface area contributed by atoms with E-state index in [1.165, 1.54) is 11.3 Å². The smallest absolute Gasteiger partial charge is 0.319 e. The van der Waals surface area contributed by atoms with Crippen LogP contribution in [0.15, 0.2) is 0 Å². The van der Waals surface area contributed by atoms with Crippen LogP contribution in [-0.2, 0) is 4.79 Å². The minimum Gasteiger partial charge on any atom is -0.481 e. The molecule has 0 aromatic heterocycles. The van der Waals surface area contributed by atoms with Gasteiger partial charge < -0.3 is 14.9 Å². The monoisotopic (exact) mass is 256 g/mol. The van der Waals surface area contributed by atoms with Gasteiger partial charge >= 0.3 is 12.0 Å². The van der Waals surface area contributed by atoms with Crippen molar-refractivity contribution >= 4 is 12.0 Å². The molecule has 1 atom stereocenters. The molecule has 5 heteroatoms. The zero-order valence-electron chi connectivity index (χ0n) is 11.6. The largest absolute Gasteiger partial charge is 0.481 e. The molecule has 1 saturated heterocycles. The molecule has 0 aromatic rings. The number of carbonyl (C=O) groups is 2. The average molecular weight is 256 g/mol. The van der Waals surface area contributed by atoms with Crippen molar-refractivity contribution in [1.82, 2.24) is 9.80 Å². The molecule has 1 fully saturated rings. The lowest BCUT2D eigenvalue weighted by Gasteiger charge is -2.34. The first-order valence-corrected chi connectivity index (χ1v) is 6.68. The van der Waals surface area contributed by atoms with Crippen LogP contribution >= 0.6 is 0 Å². The third-order valence-electron chi connectivity index (χ3n) is 3.76. The van der Waals surface area contributed by atoms with Gasteiger partial charge in [-0.05, 0) is 18.8 Å². The van der Waals surface area contributed by atoms with Crippen LogP contribution in [0.3, 0.4) is 0 Å². The molecule has 104 valence electrons. The predicted octanol–water partition coefficient (Wildman–Crippen LogP) is 1.88. The highest BCUT2D eigenvalue weighted by atomic mass is 16.4. The van der Waals surface area contributed by atoms with Crippen molar-refractivity contribution < 1.29 is 14.7 Å². The number of aliphatic carboxylic acids is 1. The molecule has 1 heterocycles. The fraction of sp³-hybridized carbons (Fsp3) is 0.846. The van der Waals surface area contributed by atoms with E-state index in [4.69, 9.17) is 5.11 Å². The van der Waals surface area contributed by atoms with Crippen molar-refractivity contribution in [3.05, 3.63) is 0 Å². The molecule has 0 aliphatic carbocycles. The van der Waals surface area contributed by atoms with Crippen LogP contribution in [0.5, 0.6) is 0 Å². The van der Waals surface area contributed by atoms with E-state index in [9.17, 15) is 9.59 Å². The van der Waals surface area contributed by atoms with E-state index in [1.54, 1.807) is 14.0 Å². The van der Waals surface area contributed by atoms with Crippen molar-refractivity contribution in [2.75, 3.05) is 26.7 Å². The Morgan fingerprint density at radius 1 is 1.39 bits per heavy atom. The van der Waals surface area contributed by atoms with E-state index in [1.807, 2.05) is 4.90 Å². The van der Waals surface area contributed by atoms with Crippen LogP contribution in [0.1, 0.15) is 33.1 Å². The van der Waals surface area contributed by atoms with Crippen LogP contribution in [-0.4, -0.2) is 53.6 Å². The summed E-state index contributed by atoms with van der Waals surface area (Å²) in [6.45, 7) is 5.66. The second-order valence-corrected chi connectivity index (χ2v) is 5.24. The minimum atomic E-state index is -0.862. The lowest BCUT2D eigenvalue weighted by molar-refractivity contribution is -0.141. The zero-order chi connectivity index (χ0) is 13.7. The quantitative estimate of drug-likeness (QED) is 0.835. The van der Waals surface area contributed by atoms with Crippen LogP contribution in [0.4, 0.5) is 4.79 Å². The predicted molar refractivity (Wildman–Crippen MR) is 69.4 cm³/mol. The van der Waals surface area contributed by atoms with E-state index in [0.717, 1.165) is 31.8 Å². The molecule has 1 N–H and O–H groups in total. The number of hydrogen-bond donors (Lipinski definition) is 1. The Morgan fingerprint density at radius 2 is 1.94 bits per heavy atom. The van der Waals surface area contributed by atoms with Crippen LogP contribution < -0.4 is 0 Å².